The molecule has 0 fully saturated rings. The van der Waals surface area contributed by atoms with Crippen molar-refractivity contribution in [2.24, 2.45) is 0 Å². The van der Waals surface area contributed by atoms with E-state index in [9.17, 15) is 21.0 Å². The second kappa shape index (κ2) is 33.1. The van der Waals surface area contributed by atoms with E-state index in [1.807, 2.05) is 114 Å². The summed E-state index contributed by atoms with van der Waals surface area (Å²) in [6, 6.07) is 157. The van der Waals surface area contributed by atoms with Crippen LogP contribution in [0, 0.1) is 45.3 Å². The monoisotopic (exact) mass is 1870 g/mol. The largest absolute Gasteiger partial charge is 0.455 e. The van der Waals surface area contributed by atoms with Gasteiger partial charge in [0.05, 0.1) is 55.2 Å². The smallest absolute Gasteiger partial charge is 0.236 e. The first-order chi connectivity index (χ1) is 71.2. The molecule has 0 bridgehead atoms. The number of hydrogen-bond acceptors (Lipinski definition) is 12. The number of benzene rings is 21. The van der Waals surface area contributed by atoms with E-state index in [1.54, 1.807) is 0 Å². The predicted molar refractivity (Wildman–Crippen MR) is 593 cm³/mol. The van der Waals surface area contributed by atoms with Crippen molar-refractivity contribution in [3.63, 3.8) is 0 Å². The third-order valence-electron chi connectivity index (χ3n) is 28.6. The van der Waals surface area contributed by atoms with Gasteiger partial charge in [-0.2, -0.15) is 21.0 Å². The fourth-order valence-electron chi connectivity index (χ4n) is 22.0. The molecule has 0 N–H and O–H groups in total. The molecule has 0 aliphatic carbocycles. The molecule has 664 valence electrons. The molecule has 0 atom stereocenters. The third-order valence-corrected chi connectivity index (χ3v) is 30.9. The molecule has 21 aromatic carbocycles. The zero-order chi connectivity index (χ0) is 95.5. The predicted octanol–water partition coefficient (Wildman–Crippen LogP) is 33.9. The van der Waals surface area contributed by atoms with Gasteiger partial charge in [0.25, 0.3) is 0 Å². The Labute approximate surface area is 828 Å². The van der Waals surface area contributed by atoms with E-state index in [0.29, 0.717) is 45.4 Å². The van der Waals surface area contributed by atoms with Crippen molar-refractivity contribution in [2.75, 3.05) is 0 Å². The Morgan fingerprint density at radius 2 is 0.688 bits per heavy atom. The fraction of sp³-hybridized carbons (Fsp3) is 0. The first kappa shape index (κ1) is 82.6. The lowest BCUT2D eigenvalue weighted by molar-refractivity contribution is 0.670. The van der Waals surface area contributed by atoms with Crippen molar-refractivity contribution in [2.45, 2.75) is 0 Å². The van der Waals surface area contributed by atoms with E-state index < -0.39 is 0 Å². The van der Waals surface area contributed by atoms with Crippen molar-refractivity contribution in [1.82, 2.24) is 38.6 Å². The molecule has 0 aliphatic heterocycles. The molecular weight excluding hydrogens is 1800 g/mol. The van der Waals surface area contributed by atoms with Gasteiger partial charge in [0.1, 0.15) is 41.0 Å². The number of para-hydroxylation sites is 4. The molecule has 9 heterocycles. The standard InChI is InChI=1S/C49H28N4O.C41H22N4S.C39H20N4S/c50-29-43-39-13-6-7-16-42(39)51-49(52-43)32-17-22-35(23-18-32)53-44-24-20-34(28-41(44)47-36-12-5-4-11-31(36)19-25-45(47)53)37-14-8-15-38-40-27-33(30-9-2-1-3-10-30)21-26-46(40)54-48(37)38;42-23-34-30-11-5-6-12-33(30)43-41(44-34)45-35-18-15-26(21-32(35)39-28-9-3-1-7-24(28)14-19-36(39)45)27-13-17-31-38(22-27)46-37-20-16-25-8-2-4-10-29(25)40(31)37;40-21-31-27-10-3-5-14-33(27)42-39(32(31)22-41)43-34-18-17-24(20-30(34)37-25-9-2-1-8-23(25)16-19-35(37)43)26-12-7-13-29-28-11-4-6-15-36(28)44-38(26)29/h1-28H;1-22H;1-20H. The molecule has 0 aliphatic rings. The molecule has 13 nitrogen and oxygen atoms in total. The number of furan rings is 1. The number of pyridine rings is 1. The van der Waals surface area contributed by atoms with E-state index in [-0.39, 0.29) is 5.56 Å². The van der Waals surface area contributed by atoms with Crippen LogP contribution in [0.2, 0.25) is 0 Å². The summed E-state index contributed by atoms with van der Waals surface area (Å²) in [5, 5.41) is 66.4. The van der Waals surface area contributed by atoms with Crippen LogP contribution in [0.3, 0.4) is 0 Å². The van der Waals surface area contributed by atoms with Gasteiger partial charge >= 0.3 is 0 Å². The maximum atomic E-state index is 10.4. The maximum absolute atomic E-state index is 10.4. The number of hydrogen-bond donors (Lipinski definition) is 0. The highest BCUT2D eigenvalue weighted by molar-refractivity contribution is 7.26. The van der Waals surface area contributed by atoms with Crippen molar-refractivity contribution >= 4 is 226 Å². The maximum Gasteiger partial charge on any atom is 0.236 e. The lowest BCUT2D eigenvalue weighted by Crippen LogP contribution is -2.04. The zero-order valence-electron chi connectivity index (χ0n) is 76.5. The summed E-state index contributed by atoms with van der Waals surface area (Å²) < 4.78 is 18.3. The van der Waals surface area contributed by atoms with Gasteiger partial charge in [-0.25, -0.2) is 24.9 Å². The Kier molecular flexibility index (Phi) is 19.0. The first-order valence-electron chi connectivity index (χ1n) is 47.5. The highest BCUT2D eigenvalue weighted by atomic mass is 32.1. The molecule has 30 aromatic rings. The Morgan fingerprint density at radius 1 is 0.236 bits per heavy atom. The molecule has 0 radical (unpaired) electrons. The van der Waals surface area contributed by atoms with Gasteiger partial charge in [-0.3, -0.25) is 9.13 Å². The van der Waals surface area contributed by atoms with E-state index in [0.717, 1.165) is 143 Å². The highest BCUT2D eigenvalue weighted by Gasteiger charge is 2.27. The second-order valence-electron chi connectivity index (χ2n) is 36.4. The second-order valence-corrected chi connectivity index (χ2v) is 38.5. The van der Waals surface area contributed by atoms with E-state index in [1.165, 1.54) is 106 Å². The summed E-state index contributed by atoms with van der Waals surface area (Å²) in [6.07, 6.45) is 0. The topological polar surface area (TPSA) is 188 Å². The SMILES string of the molecule is N#Cc1c(-n2c3ccc(-c4cccc5c4sc4ccccc45)cc3c3c4ccccc4ccc32)nc2ccccc2c1C#N.N#Cc1nc(-c2ccc(-n3c4ccc(-c5cccc6c5oc5ccc(-c7ccccc7)cc56)cc4c4c5ccccc5ccc43)cc2)nc2ccccc12.N#Cc1nc(-n2c3ccc(-c4ccc5c(c4)sc4ccc6ccccc6c45)cc3c3c4ccccc4ccc32)nc2ccccc12. The fourth-order valence-corrected chi connectivity index (χ4v) is 24.4. The number of thiophene rings is 2. The van der Waals surface area contributed by atoms with Crippen molar-refractivity contribution in [3.8, 4) is 97.6 Å². The van der Waals surface area contributed by atoms with Crippen LogP contribution in [-0.4, -0.2) is 38.6 Å². The molecule has 15 heteroatoms. The Balaban J connectivity index is 0.000000106. The van der Waals surface area contributed by atoms with E-state index >= 15 is 0 Å². The molecule has 0 spiro atoms. The summed E-state index contributed by atoms with van der Waals surface area (Å²) in [4.78, 5) is 24.2. The van der Waals surface area contributed by atoms with Crippen LogP contribution in [-0.2, 0) is 0 Å². The molecule has 30 rings (SSSR count). The molecule has 0 saturated carbocycles. The van der Waals surface area contributed by atoms with Gasteiger partial charge < -0.3 is 8.98 Å². The van der Waals surface area contributed by atoms with Crippen LogP contribution in [0.1, 0.15) is 22.5 Å². The number of fused-ring (bicyclic) bond motifs is 29. The molecule has 144 heavy (non-hydrogen) atoms. The van der Waals surface area contributed by atoms with Gasteiger partial charge in [0, 0.05) is 116 Å². The summed E-state index contributed by atoms with van der Waals surface area (Å²) in [5.41, 5.74) is 22.5. The minimum Gasteiger partial charge on any atom is -0.455 e. The Bertz CT molecular complexity index is 11000. The normalized spacial score (nSPS) is 11.7. The number of nitriles is 4. The number of nitrogens with zero attached hydrogens (tertiary/aromatic N) is 12. The minimum atomic E-state index is 0.275. The number of aromatic nitrogens is 8. The van der Waals surface area contributed by atoms with Crippen LogP contribution in [0.25, 0.3) is 277 Å². The van der Waals surface area contributed by atoms with Gasteiger partial charge in [-0.15, -0.1) is 22.7 Å². The van der Waals surface area contributed by atoms with Gasteiger partial charge in [-0.05, 0) is 222 Å². The third kappa shape index (κ3) is 13.1. The van der Waals surface area contributed by atoms with Crippen molar-refractivity contribution < 1.29 is 4.42 Å². The molecule has 0 saturated heterocycles. The van der Waals surface area contributed by atoms with E-state index in [2.05, 4.69) is 377 Å². The molecule has 9 aromatic heterocycles. The highest BCUT2D eigenvalue weighted by Crippen LogP contribution is 2.49. The van der Waals surface area contributed by atoms with Crippen molar-refractivity contribution in [3.05, 3.63) is 447 Å². The molecule has 0 unspecified atom stereocenters. The average molecular weight is 1870 g/mol. The van der Waals surface area contributed by atoms with Crippen LogP contribution < -0.4 is 0 Å². The zero-order valence-corrected chi connectivity index (χ0v) is 78.1. The lowest BCUT2D eigenvalue weighted by atomic mass is 9.98. The summed E-state index contributed by atoms with van der Waals surface area (Å²) in [6.45, 7) is 0. The van der Waals surface area contributed by atoms with Crippen molar-refractivity contribution in [1.29, 1.82) is 21.0 Å². The summed E-state index contributed by atoms with van der Waals surface area (Å²) in [7, 11) is 0. The average Bonchev–Trinajstić information content (AvgIpc) is 1.55. The minimum absolute atomic E-state index is 0.275. The summed E-state index contributed by atoms with van der Waals surface area (Å²) >= 11 is 3.68. The number of rotatable bonds is 8. The Hall–Kier alpha value is -19.7. The van der Waals surface area contributed by atoms with Crippen LogP contribution in [0.5, 0.6) is 0 Å². The van der Waals surface area contributed by atoms with Gasteiger partial charge in [-0.1, -0.05) is 285 Å². The summed E-state index contributed by atoms with van der Waals surface area (Å²) in [5.74, 6) is 1.50. The van der Waals surface area contributed by atoms with Gasteiger partial charge in [0.15, 0.2) is 23.0 Å². The van der Waals surface area contributed by atoms with Gasteiger partial charge in [0.2, 0.25) is 5.95 Å². The van der Waals surface area contributed by atoms with Crippen LogP contribution in [0.4, 0.5) is 0 Å². The Morgan fingerprint density at radius 3 is 1.33 bits per heavy atom. The van der Waals surface area contributed by atoms with Crippen LogP contribution >= 0.6 is 22.7 Å². The van der Waals surface area contributed by atoms with Crippen LogP contribution in [0.15, 0.2) is 429 Å². The molecular formula is C129H70N12OS2. The van der Waals surface area contributed by atoms with E-state index in [4.69, 9.17) is 24.4 Å². The quantitative estimate of drug-likeness (QED) is 0.142. The lowest BCUT2D eigenvalue weighted by Gasteiger charge is -2.12. The molecule has 0 amide bonds. The first-order valence-corrected chi connectivity index (χ1v) is 49.2.